The maximum Gasteiger partial charge on any atom is 0.270 e. The fourth-order valence-electron chi connectivity index (χ4n) is 2.03. The van der Waals surface area contributed by atoms with Crippen molar-refractivity contribution in [3.05, 3.63) is 47.9 Å². The number of anilines is 2. The molecule has 0 radical (unpaired) electrons. The van der Waals surface area contributed by atoms with Crippen LogP contribution in [0, 0.1) is 6.92 Å². The van der Waals surface area contributed by atoms with Crippen LogP contribution in [0.5, 0.6) is 0 Å². The zero-order valence-corrected chi connectivity index (χ0v) is 13.7. The van der Waals surface area contributed by atoms with Crippen molar-refractivity contribution in [1.82, 2.24) is 15.3 Å². The highest BCUT2D eigenvalue weighted by atomic mass is 16.2. The molecule has 2 aromatic rings. The van der Waals surface area contributed by atoms with E-state index < -0.39 is 0 Å². The number of hydrogen-bond acceptors (Lipinski definition) is 4. The molecular formula is C17H22N4O. The van der Waals surface area contributed by atoms with Gasteiger partial charge in [0.15, 0.2) is 0 Å². The molecule has 0 spiro atoms. The van der Waals surface area contributed by atoms with Gasteiger partial charge < -0.3 is 10.2 Å². The Morgan fingerprint density at radius 3 is 2.36 bits per heavy atom. The van der Waals surface area contributed by atoms with Crippen LogP contribution in [0.2, 0.25) is 0 Å². The van der Waals surface area contributed by atoms with Crippen LogP contribution >= 0.6 is 0 Å². The molecule has 1 aromatic heterocycles. The van der Waals surface area contributed by atoms with Crippen molar-refractivity contribution in [1.29, 1.82) is 0 Å². The number of aryl methyl sites for hydroxylation is 1. The molecule has 0 unspecified atom stereocenters. The van der Waals surface area contributed by atoms with Crippen molar-refractivity contribution < 1.29 is 4.79 Å². The first kappa shape index (κ1) is 15.9. The van der Waals surface area contributed by atoms with E-state index in [9.17, 15) is 4.79 Å². The average molecular weight is 298 g/mol. The molecule has 1 heterocycles. The van der Waals surface area contributed by atoms with Gasteiger partial charge in [0.2, 0.25) is 0 Å². The van der Waals surface area contributed by atoms with E-state index in [0.29, 0.717) is 17.3 Å². The molecule has 0 aliphatic heterocycles. The first-order valence-electron chi connectivity index (χ1n) is 7.23. The predicted octanol–water partition coefficient (Wildman–Crippen LogP) is 3.08. The number of rotatable bonds is 3. The van der Waals surface area contributed by atoms with Crippen molar-refractivity contribution >= 4 is 17.4 Å². The number of carbonyl (C=O) groups excluding carboxylic acids is 1. The lowest BCUT2D eigenvalue weighted by Gasteiger charge is -2.22. The summed E-state index contributed by atoms with van der Waals surface area (Å²) in [5.41, 5.74) is 1.07. The summed E-state index contributed by atoms with van der Waals surface area (Å²) in [5, 5.41) is 2.92. The van der Waals surface area contributed by atoms with Gasteiger partial charge in [0.05, 0.1) is 0 Å². The van der Waals surface area contributed by atoms with Gasteiger partial charge in [-0.25, -0.2) is 9.97 Å². The van der Waals surface area contributed by atoms with Crippen LogP contribution < -0.4 is 10.2 Å². The second kappa shape index (κ2) is 6.13. The maximum atomic E-state index is 12.3. The van der Waals surface area contributed by atoms with Crippen LogP contribution in [0.1, 0.15) is 37.1 Å². The van der Waals surface area contributed by atoms with E-state index in [1.807, 2.05) is 63.1 Å². The largest absolute Gasteiger partial charge is 0.346 e. The zero-order chi connectivity index (χ0) is 16.3. The Kier molecular flexibility index (Phi) is 4.45. The van der Waals surface area contributed by atoms with Crippen molar-refractivity contribution in [3.63, 3.8) is 0 Å². The molecule has 1 N–H and O–H groups in total. The van der Waals surface area contributed by atoms with E-state index in [1.165, 1.54) is 0 Å². The Balaban J connectivity index is 2.33. The molecule has 5 nitrogen and oxygen atoms in total. The summed E-state index contributed by atoms with van der Waals surface area (Å²) in [5.74, 6) is 1.07. The monoisotopic (exact) mass is 298 g/mol. The summed E-state index contributed by atoms with van der Waals surface area (Å²) in [7, 11) is 1.92. The number of benzene rings is 1. The lowest BCUT2D eigenvalue weighted by atomic mass is 10.1. The maximum absolute atomic E-state index is 12.3. The quantitative estimate of drug-likeness (QED) is 0.946. The normalized spacial score (nSPS) is 11.1. The van der Waals surface area contributed by atoms with Gasteiger partial charge in [0.1, 0.15) is 17.3 Å². The van der Waals surface area contributed by atoms with E-state index in [0.717, 1.165) is 5.69 Å². The Labute approximate surface area is 131 Å². The van der Waals surface area contributed by atoms with Crippen LogP contribution in [0.3, 0.4) is 0 Å². The second-order valence-corrected chi connectivity index (χ2v) is 6.26. The Morgan fingerprint density at radius 2 is 1.77 bits per heavy atom. The lowest BCUT2D eigenvalue weighted by molar-refractivity contribution is 0.0914. The van der Waals surface area contributed by atoms with Crippen molar-refractivity contribution in [2.24, 2.45) is 0 Å². The molecule has 0 aliphatic rings. The third kappa shape index (κ3) is 4.04. The number of para-hydroxylation sites is 1. The topological polar surface area (TPSA) is 58.1 Å². The number of amides is 1. The van der Waals surface area contributed by atoms with Gasteiger partial charge in [-0.15, -0.1) is 0 Å². The van der Waals surface area contributed by atoms with Gasteiger partial charge in [0.25, 0.3) is 5.91 Å². The minimum absolute atomic E-state index is 0.194. The van der Waals surface area contributed by atoms with Gasteiger partial charge in [-0.1, -0.05) is 18.2 Å². The number of nitrogens with zero attached hydrogens (tertiary/aromatic N) is 3. The lowest BCUT2D eigenvalue weighted by Crippen LogP contribution is -2.41. The summed E-state index contributed by atoms with van der Waals surface area (Å²) in [4.78, 5) is 22.9. The number of carbonyl (C=O) groups is 1. The van der Waals surface area contributed by atoms with E-state index in [1.54, 1.807) is 13.0 Å². The molecule has 116 valence electrons. The van der Waals surface area contributed by atoms with Crippen molar-refractivity contribution in [2.75, 3.05) is 11.9 Å². The third-order valence-electron chi connectivity index (χ3n) is 3.03. The minimum atomic E-state index is -0.304. The smallest absolute Gasteiger partial charge is 0.270 e. The van der Waals surface area contributed by atoms with Gasteiger partial charge in [0, 0.05) is 24.3 Å². The van der Waals surface area contributed by atoms with Crippen LogP contribution in [-0.4, -0.2) is 28.5 Å². The second-order valence-electron chi connectivity index (χ2n) is 6.26. The van der Waals surface area contributed by atoms with Gasteiger partial charge in [-0.2, -0.15) is 0 Å². The summed E-state index contributed by atoms with van der Waals surface area (Å²) >= 11 is 0. The van der Waals surface area contributed by atoms with Gasteiger partial charge in [-0.05, 0) is 39.8 Å². The molecular weight excluding hydrogens is 276 g/mol. The molecule has 2 rings (SSSR count). The Bertz CT molecular complexity index is 662. The van der Waals surface area contributed by atoms with E-state index in [4.69, 9.17) is 0 Å². The van der Waals surface area contributed by atoms with Crippen LogP contribution in [-0.2, 0) is 0 Å². The first-order valence-corrected chi connectivity index (χ1v) is 7.23. The number of nitrogens with one attached hydrogen (secondary N) is 1. The number of hydrogen-bond donors (Lipinski definition) is 1. The first-order chi connectivity index (χ1) is 10.3. The van der Waals surface area contributed by atoms with E-state index in [2.05, 4.69) is 15.3 Å². The summed E-state index contributed by atoms with van der Waals surface area (Å²) in [6.45, 7) is 7.61. The molecule has 0 saturated carbocycles. The van der Waals surface area contributed by atoms with Crippen LogP contribution in [0.4, 0.5) is 11.5 Å². The standard InChI is InChI=1S/C17H22N4O/c1-12-18-14(16(22)20-17(2,3)4)11-15(19-12)21(5)13-9-7-6-8-10-13/h6-11H,1-5H3,(H,20,22). The highest BCUT2D eigenvalue weighted by molar-refractivity contribution is 5.93. The van der Waals surface area contributed by atoms with Crippen LogP contribution in [0.25, 0.3) is 0 Å². The zero-order valence-electron chi connectivity index (χ0n) is 13.7. The molecule has 5 heteroatoms. The Morgan fingerprint density at radius 1 is 1.14 bits per heavy atom. The number of aromatic nitrogens is 2. The molecule has 0 fully saturated rings. The third-order valence-corrected chi connectivity index (χ3v) is 3.03. The Hall–Kier alpha value is -2.43. The summed E-state index contributed by atoms with van der Waals surface area (Å²) in [6, 6.07) is 11.6. The fourth-order valence-corrected chi connectivity index (χ4v) is 2.03. The van der Waals surface area contributed by atoms with Crippen molar-refractivity contribution in [3.8, 4) is 0 Å². The molecule has 0 aliphatic carbocycles. The van der Waals surface area contributed by atoms with Crippen LogP contribution in [0.15, 0.2) is 36.4 Å². The minimum Gasteiger partial charge on any atom is -0.346 e. The van der Waals surface area contributed by atoms with Gasteiger partial charge >= 0.3 is 0 Å². The molecule has 0 saturated heterocycles. The highest BCUT2D eigenvalue weighted by Gasteiger charge is 2.18. The summed E-state index contributed by atoms with van der Waals surface area (Å²) in [6.07, 6.45) is 0. The van der Waals surface area contributed by atoms with Gasteiger partial charge in [-0.3, -0.25) is 4.79 Å². The summed E-state index contributed by atoms with van der Waals surface area (Å²) < 4.78 is 0. The fraction of sp³-hybridized carbons (Fsp3) is 0.353. The molecule has 1 aromatic carbocycles. The highest BCUT2D eigenvalue weighted by Crippen LogP contribution is 2.21. The van der Waals surface area contributed by atoms with Crippen molar-refractivity contribution in [2.45, 2.75) is 33.2 Å². The van der Waals surface area contributed by atoms with E-state index in [-0.39, 0.29) is 11.4 Å². The predicted molar refractivity (Wildman–Crippen MR) is 88.5 cm³/mol. The average Bonchev–Trinajstić information content (AvgIpc) is 2.45. The molecule has 1 amide bonds. The molecule has 0 atom stereocenters. The molecule has 0 bridgehead atoms. The molecule has 22 heavy (non-hydrogen) atoms. The SMILES string of the molecule is Cc1nc(C(=O)NC(C)(C)C)cc(N(C)c2ccccc2)n1. The van der Waals surface area contributed by atoms with E-state index >= 15 is 0 Å².